The van der Waals surface area contributed by atoms with E-state index in [9.17, 15) is 9.59 Å². The zero-order chi connectivity index (χ0) is 13.3. The topological polar surface area (TPSA) is 46.2 Å². The van der Waals surface area contributed by atoms with Gasteiger partial charge in [0.2, 0.25) is 0 Å². The van der Waals surface area contributed by atoms with Crippen molar-refractivity contribution >= 4 is 40.7 Å². The van der Waals surface area contributed by atoms with Crippen LogP contribution in [0.15, 0.2) is 17.0 Å². The number of ketones is 1. The molecule has 96 valence electrons. The van der Waals surface area contributed by atoms with Gasteiger partial charge in [0.15, 0.2) is 0 Å². The number of hydrogen-bond acceptors (Lipinski definition) is 3. The Kier molecular flexibility index (Phi) is 3.97. The van der Waals surface area contributed by atoms with Crippen LogP contribution in [0, 0.1) is 5.92 Å². The van der Waals surface area contributed by atoms with Crippen molar-refractivity contribution in [3.8, 4) is 0 Å². The highest BCUT2D eigenvalue weighted by Gasteiger charge is 2.29. The fourth-order valence-corrected chi connectivity index (χ4v) is 3.03. The lowest BCUT2D eigenvalue weighted by Gasteiger charge is -2.10. The number of halogens is 1. The van der Waals surface area contributed by atoms with Gasteiger partial charge in [-0.15, -0.1) is 11.8 Å². The van der Waals surface area contributed by atoms with E-state index in [2.05, 4.69) is 19.2 Å². The summed E-state index contributed by atoms with van der Waals surface area (Å²) in [5.41, 5.74) is 0.943. The fraction of sp³-hybridized carbons (Fsp3) is 0.385. The molecule has 1 aromatic carbocycles. The quantitative estimate of drug-likeness (QED) is 0.678. The summed E-state index contributed by atoms with van der Waals surface area (Å²) < 4.78 is 0. The molecule has 0 saturated carbocycles. The van der Waals surface area contributed by atoms with Crippen molar-refractivity contribution in [1.82, 2.24) is 0 Å². The number of hydrogen-bond donors (Lipinski definition) is 1. The van der Waals surface area contributed by atoms with Crippen molar-refractivity contribution in [2.75, 3.05) is 11.1 Å². The largest absolute Gasteiger partial charge is 0.318 e. The number of fused-ring (bicyclic) bond motifs is 1. The van der Waals surface area contributed by atoms with Crippen LogP contribution in [0.5, 0.6) is 0 Å². The fourth-order valence-electron chi connectivity index (χ4n) is 1.61. The molecule has 0 saturated heterocycles. The van der Waals surface area contributed by atoms with Crippen LogP contribution in [0.1, 0.15) is 30.6 Å². The summed E-state index contributed by atoms with van der Waals surface area (Å²) in [7, 11) is 0. The van der Waals surface area contributed by atoms with Gasteiger partial charge >= 0.3 is 0 Å². The van der Waals surface area contributed by atoms with Crippen LogP contribution in [-0.4, -0.2) is 17.4 Å². The molecule has 0 bridgehead atoms. The first-order chi connectivity index (χ1) is 8.52. The second kappa shape index (κ2) is 5.33. The van der Waals surface area contributed by atoms with E-state index < -0.39 is 11.7 Å². The van der Waals surface area contributed by atoms with Crippen molar-refractivity contribution in [2.24, 2.45) is 5.92 Å². The van der Waals surface area contributed by atoms with Crippen LogP contribution < -0.4 is 5.32 Å². The highest BCUT2D eigenvalue weighted by atomic mass is 35.5. The van der Waals surface area contributed by atoms with Crippen LogP contribution >= 0.6 is 23.4 Å². The summed E-state index contributed by atoms with van der Waals surface area (Å²) in [4.78, 5) is 23.7. The van der Waals surface area contributed by atoms with Gasteiger partial charge in [0, 0.05) is 10.6 Å². The Hall–Kier alpha value is -1.00. The molecule has 18 heavy (non-hydrogen) atoms. The van der Waals surface area contributed by atoms with E-state index in [0.717, 1.165) is 17.1 Å². The zero-order valence-electron chi connectivity index (χ0n) is 10.2. The van der Waals surface area contributed by atoms with Crippen molar-refractivity contribution in [3.63, 3.8) is 0 Å². The normalized spacial score (nSPS) is 15.5. The molecule has 1 heterocycles. The van der Waals surface area contributed by atoms with Crippen LogP contribution in [0.25, 0.3) is 0 Å². The van der Waals surface area contributed by atoms with Crippen LogP contribution in [0.4, 0.5) is 5.69 Å². The molecule has 0 radical (unpaired) electrons. The number of amides is 1. The number of anilines is 1. The first-order valence-corrected chi connectivity index (χ1v) is 7.21. The molecule has 1 aliphatic rings. The molecule has 0 aromatic heterocycles. The second-order valence-corrected chi connectivity index (χ2v) is 5.90. The monoisotopic (exact) mass is 283 g/mol. The third-order valence-corrected chi connectivity index (χ3v) is 4.80. The maximum Gasteiger partial charge on any atom is 0.296 e. The molecular weight excluding hydrogens is 270 g/mol. The third kappa shape index (κ3) is 2.54. The Morgan fingerprint density at radius 3 is 2.78 bits per heavy atom. The first-order valence-electron chi connectivity index (χ1n) is 5.85. The predicted octanol–water partition coefficient (Wildman–Crippen LogP) is 3.61. The van der Waals surface area contributed by atoms with Gasteiger partial charge in [-0.05, 0) is 18.1 Å². The Labute approximate surface area is 115 Å². The minimum atomic E-state index is -0.579. The molecule has 1 N–H and O–H groups in total. The summed E-state index contributed by atoms with van der Waals surface area (Å²) in [6.45, 7) is 4.33. The van der Waals surface area contributed by atoms with E-state index in [1.807, 2.05) is 0 Å². The summed E-state index contributed by atoms with van der Waals surface area (Å²) in [5.74, 6) is 0.489. The Morgan fingerprint density at radius 1 is 1.39 bits per heavy atom. The summed E-state index contributed by atoms with van der Waals surface area (Å²) >= 11 is 7.79. The molecule has 5 heteroatoms. The Morgan fingerprint density at radius 2 is 2.11 bits per heavy atom. The maximum atomic E-state index is 11.5. The molecule has 3 nitrogen and oxygen atoms in total. The molecule has 1 aliphatic heterocycles. The zero-order valence-corrected chi connectivity index (χ0v) is 11.8. The van der Waals surface area contributed by atoms with Gasteiger partial charge in [-0.2, -0.15) is 0 Å². The molecular formula is C13H14ClNO2S. The highest BCUT2D eigenvalue weighted by Crippen LogP contribution is 2.36. The van der Waals surface area contributed by atoms with E-state index in [1.54, 1.807) is 23.9 Å². The second-order valence-electron chi connectivity index (χ2n) is 4.44. The van der Waals surface area contributed by atoms with Gasteiger partial charge in [0.25, 0.3) is 11.7 Å². The number of rotatable bonds is 4. The molecule has 0 spiro atoms. The minimum absolute atomic E-state index is 0.373. The van der Waals surface area contributed by atoms with Gasteiger partial charge < -0.3 is 5.32 Å². The molecule has 1 unspecified atom stereocenters. The van der Waals surface area contributed by atoms with Crippen LogP contribution in [-0.2, 0) is 4.79 Å². The Bertz CT molecular complexity index is 516. The first kappa shape index (κ1) is 13.4. The number of thioether (sulfide) groups is 1. The SMILES string of the molecule is CCC(C)CSc1cc2c(cc1Cl)C(=O)C(=O)N2. The lowest BCUT2D eigenvalue weighted by Crippen LogP contribution is -2.12. The van der Waals surface area contributed by atoms with Gasteiger partial charge in [-0.25, -0.2) is 0 Å². The van der Waals surface area contributed by atoms with E-state index in [4.69, 9.17) is 11.6 Å². The van der Waals surface area contributed by atoms with Gasteiger partial charge in [0.1, 0.15) is 0 Å². The Balaban J connectivity index is 2.22. The summed E-state index contributed by atoms with van der Waals surface area (Å²) in [5, 5.41) is 3.09. The standard InChI is InChI=1S/C13H14ClNO2S/c1-3-7(2)6-18-11-5-10-8(4-9(11)14)12(16)13(17)15-10/h4-5,7H,3,6H2,1-2H3,(H,15,16,17). The number of benzene rings is 1. The molecule has 0 aliphatic carbocycles. The molecule has 0 fully saturated rings. The molecule has 1 atom stereocenters. The van der Waals surface area contributed by atoms with Crippen LogP contribution in [0.3, 0.4) is 0 Å². The number of carbonyl (C=O) groups excluding carboxylic acids is 2. The van der Waals surface area contributed by atoms with Crippen molar-refractivity contribution < 1.29 is 9.59 Å². The summed E-state index contributed by atoms with van der Waals surface area (Å²) in [6.07, 6.45) is 1.12. The van der Waals surface area contributed by atoms with Gasteiger partial charge in [-0.3, -0.25) is 9.59 Å². The minimum Gasteiger partial charge on any atom is -0.318 e. The number of carbonyl (C=O) groups is 2. The molecule has 2 rings (SSSR count). The number of Topliss-reactive ketones (excluding diaryl/α,β-unsaturated/α-hetero) is 1. The lowest BCUT2D eigenvalue weighted by atomic mass is 10.1. The highest BCUT2D eigenvalue weighted by molar-refractivity contribution is 7.99. The van der Waals surface area contributed by atoms with Crippen molar-refractivity contribution in [3.05, 3.63) is 22.7 Å². The van der Waals surface area contributed by atoms with Gasteiger partial charge in [-0.1, -0.05) is 31.9 Å². The molecule has 1 aromatic rings. The van der Waals surface area contributed by atoms with E-state index in [1.165, 1.54) is 0 Å². The van der Waals surface area contributed by atoms with E-state index in [0.29, 0.717) is 22.2 Å². The average molecular weight is 284 g/mol. The predicted molar refractivity (Wildman–Crippen MR) is 74.6 cm³/mol. The van der Waals surface area contributed by atoms with Crippen molar-refractivity contribution in [2.45, 2.75) is 25.2 Å². The lowest BCUT2D eigenvalue weighted by molar-refractivity contribution is -0.112. The molecule has 1 amide bonds. The van der Waals surface area contributed by atoms with Crippen molar-refractivity contribution in [1.29, 1.82) is 0 Å². The summed E-state index contributed by atoms with van der Waals surface area (Å²) in [6, 6.07) is 3.36. The smallest absolute Gasteiger partial charge is 0.296 e. The van der Waals surface area contributed by atoms with Crippen LogP contribution in [0.2, 0.25) is 5.02 Å². The number of nitrogens with one attached hydrogen (secondary N) is 1. The van der Waals surface area contributed by atoms with E-state index in [-0.39, 0.29) is 0 Å². The van der Waals surface area contributed by atoms with E-state index >= 15 is 0 Å². The maximum absolute atomic E-state index is 11.5. The average Bonchev–Trinajstić information content (AvgIpc) is 2.62. The van der Waals surface area contributed by atoms with Gasteiger partial charge in [0.05, 0.1) is 16.3 Å². The third-order valence-electron chi connectivity index (χ3n) is 2.99.